The van der Waals surface area contributed by atoms with Gasteiger partial charge in [-0.3, -0.25) is 9.78 Å². The molecule has 0 aliphatic rings. The minimum Gasteiger partial charge on any atom is -0.489 e. The SMILES string of the molecule is O=C(O)C(COc1ccccc1F)c1cccnc1. The summed E-state index contributed by atoms with van der Waals surface area (Å²) in [6.45, 7) is -0.151. The minimum atomic E-state index is -1.04. The second-order valence-electron chi connectivity index (χ2n) is 3.92. The summed E-state index contributed by atoms with van der Waals surface area (Å²) < 4.78 is 18.6. The number of carboxylic acids is 1. The maximum Gasteiger partial charge on any atom is 0.314 e. The van der Waals surface area contributed by atoms with Crippen LogP contribution in [0.25, 0.3) is 0 Å². The van der Waals surface area contributed by atoms with Gasteiger partial charge in [0, 0.05) is 12.4 Å². The van der Waals surface area contributed by atoms with Crippen molar-refractivity contribution in [2.75, 3.05) is 6.61 Å². The maximum atomic E-state index is 13.4. The lowest BCUT2D eigenvalue weighted by molar-refractivity contribution is -0.139. The highest BCUT2D eigenvalue weighted by Gasteiger charge is 2.21. The van der Waals surface area contributed by atoms with Gasteiger partial charge in [-0.1, -0.05) is 18.2 Å². The predicted molar refractivity (Wildman–Crippen MR) is 66.5 cm³/mol. The van der Waals surface area contributed by atoms with Gasteiger partial charge < -0.3 is 9.84 Å². The molecule has 0 fully saturated rings. The zero-order valence-electron chi connectivity index (χ0n) is 9.99. The first-order chi connectivity index (χ1) is 9.18. The van der Waals surface area contributed by atoms with Crippen LogP contribution in [0.4, 0.5) is 4.39 Å². The molecule has 19 heavy (non-hydrogen) atoms. The lowest BCUT2D eigenvalue weighted by Gasteiger charge is -2.14. The molecule has 1 atom stereocenters. The van der Waals surface area contributed by atoms with Gasteiger partial charge in [-0.2, -0.15) is 0 Å². The lowest BCUT2D eigenvalue weighted by atomic mass is 10.0. The van der Waals surface area contributed by atoms with Gasteiger partial charge in [0.15, 0.2) is 11.6 Å². The topological polar surface area (TPSA) is 59.4 Å². The second kappa shape index (κ2) is 5.95. The summed E-state index contributed by atoms with van der Waals surface area (Å²) in [6, 6.07) is 9.17. The van der Waals surface area contributed by atoms with Crippen molar-refractivity contribution in [1.29, 1.82) is 0 Å². The van der Waals surface area contributed by atoms with Crippen LogP contribution in [0.3, 0.4) is 0 Å². The predicted octanol–water partition coefficient (Wildman–Crippen LogP) is 2.47. The summed E-state index contributed by atoms with van der Waals surface area (Å²) in [6.07, 6.45) is 3.02. The number of hydrogen-bond acceptors (Lipinski definition) is 3. The van der Waals surface area contributed by atoms with Gasteiger partial charge in [0.1, 0.15) is 12.5 Å². The van der Waals surface area contributed by atoms with E-state index in [2.05, 4.69) is 4.98 Å². The van der Waals surface area contributed by atoms with E-state index in [0.29, 0.717) is 5.56 Å². The first-order valence-electron chi connectivity index (χ1n) is 5.68. The standard InChI is InChI=1S/C14H12FNO3/c15-12-5-1-2-6-13(12)19-9-11(14(17)18)10-4-3-7-16-8-10/h1-8,11H,9H2,(H,17,18). The van der Waals surface area contributed by atoms with Crippen molar-refractivity contribution in [2.24, 2.45) is 0 Å². The molecule has 1 aromatic carbocycles. The van der Waals surface area contributed by atoms with Gasteiger partial charge in [-0.25, -0.2) is 4.39 Å². The number of para-hydroxylation sites is 1. The molecule has 0 radical (unpaired) electrons. The highest BCUT2D eigenvalue weighted by atomic mass is 19.1. The smallest absolute Gasteiger partial charge is 0.314 e. The van der Waals surface area contributed by atoms with Crippen LogP contribution in [0.2, 0.25) is 0 Å². The summed E-state index contributed by atoms with van der Waals surface area (Å²) in [4.78, 5) is 15.1. The molecule has 0 saturated carbocycles. The second-order valence-corrected chi connectivity index (χ2v) is 3.92. The fourth-order valence-electron chi connectivity index (χ4n) is 1.63. The summed E-state index contributed by atoms with van der Waals surface area (Å²) in [7, 11) is 0. The Morgan fingerprint density at radius 3 is 2.74 bits per heavy atom. The zero-order valence-corrected chi connectivity index (χ0v) is 9.99. The molecule has 0 bridgehead atoms. The van der Waals surface area contributed by atoms with E-state index in [4.69, 9.17) is 4.74 Å². The minimum absolute atomic E-state index is 0.0395. The molecule has 4 nitrogen and oxygen atoms in total. The number of pyridine rings is 1. The summed E-state index contributed by atoms with van der Waals surface area (Å²) >= 11 is 0. The van der Waals surface area contributed by atoms with Crippen molar-refractivity contribution in [3.63, 3.8) is 0 Å². The average Bonchev–Trinajstić information content (AvgIpc) is 2.42. The number of aromatic nitrogens is 1. The van der Waals surface area contributed by atoms with Crippen LogP contribution < -0.4 is 4.74 Å². The van der Waals surface area contributed by atoms with Crippen molar-refractivity contribution in [1.82, 2.24) is 4.98 Å². The van der Waals surface area contributed by atoms with E-state index in [1.165, 1.54) is 24.4 Å². The van der Waals surface area contributed by atoms with Crippen LogP contribution >= 0.6 is 0 Å². The number of carbonyl (C=O) groups is 1. The first kappa shape index (κ1) is 13.0. The van der Waals surface area contributed by atoms with E-state index in [0.717, 1.165) is 0 Å². The molecule has 0 spiro atoms. The molecule has 1 aromatic heterocycles. The molecule has 0 saturated heterocycles. The highest BCUT2D eigenvalue weighted by molar-refractivity contribution is 5.76. The summed E-state index contributed by atoms with van der Waals surface area (Å²) in [5, 5.41) is 9.17. The molecule has 1 unspecified atom stereocenters. The van der Waals surface area contributed by atoms with Gasteiger partial charge in [-0.05, 0) is 23.8 Å². The Morgan fingerprint density at radius 1 is 1.32 bits per heavy atom. The monoisotopic (exact) mass is 261 g/mol. The van der Waals surface area contributed by atoms with Gasteiger partial charge in [-0.15, -0.1) is 0 Å². The lowest BCUT2D eigenvalue weighted by Crippen LogP contribution is -2.19. The van der Waals surface area contributed by atoms with Crippen molar-refractivity contribution in [3.8, 4) is 5.75 Å². The Kier molecular flexibility index (Phi) is 4.07. The Hall–Kier alpha value is -2.43. The fourth-order valence-corrected chi connectivity index (χ4v) is 1.63. The molecule has 2 aromatic rings. The first-order valence-corrected chi connectivity index (χ1v) is 5.68. The third-order valence-electron chi connectivity index (χ3n) is 2.63. The molecule has 1 N–H and O–H groups in total. The fraction of sp³-hybridized carbons (Fsp3) is 0.143. The molecular weight excluding hydrogens is 249 g/mol. The molecule has 5 heteroatoms. The Labute approximate surface area is 109 Å². The Bertz CT molecular complexity index is 560. The van der Waals surface area contributed by atoms with E-state index in [1.54, 1.807) is 24.4 Å². The number of benzene rings is 1. The van der Waals surface area contributed by atoms with Crippen LogP contribution in [0.1, 0.15) is 11.5 Å². The summed E-state index contributed by atoms with van der Waals surface area (Å²) in [5.74, 6) is -2.40. The Morgan fingerprint density at radius 2 is 2.11 bits per heavy atom. The molecule has 2 rings (SSSR count). The van der Waals surface area contributed by atoms with Crippen molar-refractivity contribution < 1.29 is 19.0 Å². The van der Waals surface area contributed by atoms with Crippen LogP contribution in [-0.2, 0) is 4.79 Å². The van der Waals surface area contributed by atoms with Crippen molar-refractivity contribution in [3.05, 3.63) is 60.2 Å². The molecule has 0 aliphatic carbocycles. The third-order valence-corrected chi connectivity index (χ3v) is 2.63. The molecule has 0 amide bonds. The quantitative estimate of drug-likeness (QED) is 0.898. The van der Waals surface area contributed by atoms with Gasteiger partial charge in [0.2, 0.25) is 0 Å². The number of nitrogens with zero attached hydrogens (tertiary/aromatic N) is 1. The molecule has 98 valence electrons. The van der Waals surface area contributed by atoms with Gasteiger partial charge in [0.05, 0.1) is 0 Å². The van der Waals surface area contributed by atoms with Gasteiger partial charge in [0.25, 0.3) is 0 Å². The molecular formula is C14H12FNO3. The summed E-state index contributed by atoms with van der Waals surface area (Å²) in [5.41, 5.74) is 0.520. The van der Waals surface area contributed by atoms with Crippen LogP contribution in [0.15, 0.2) is 48.8 Å². The van der Waals surface area contributed by atoms with Crippen LogP contribution in [0.5, 0.6) is 5.75 Å². The van der Waals surface area contributed by atoms with Gasteiger partial charge >= 0.3 is 5.97 Å². The number of rotatable bonds is 5. The number of carboxylic acid groups (broad SMARTS) is 1. The largest absolute Gasteiger partial charge is 0.489 e. The average molecular weight is 261 g/mol. The van der Waals surface area contributed by atoms with Crippen LogP contribution in [-0.4, -0.2) is 22.7 Å². The Balaban J connectivity index is 2.11. The number of aliphatic carboxylic acids is 1. The zero-order chi connectivity index (χ0) is 13.7. The van der Waals surface area contributed by atoms with Crippen molar-refractivity contribution >= 4 is 5.97 Å². The van der Waals surface area contributed by atoms with E-state index >= 15 is 0 Å². The highest BCUT2D eigenvalue weighted by Crippen LogP contribution is 2.20. The van der Waals surface area contributed by atoms with E-state index in [-0.39, 0.29) is 12.4 Å². The van der Waals surface area contributed by atoms with Crippen molar-refractivity contribution in [2.45, 2.75) is 5.92 Å². The number of hydrogen-bond donors (Lipinski definition) is 1. The molecule has 1 heterocycles. The normalized spacial score (nSPS) is 11.8. The number of ether oxygens (including phenoxy) is 1. The van der Waals surface area contributed by atoms with E-state index in [1.807, 2.05) is 0 Å². The molecule has 0 aliphatic heterocycles. The maximum absolute atomic E-state index is 13.4. The van der Waals surface area contributed by atoms with E-state index < -0.39 is 17.7 Å². The third kappa shape index (κ3) is 3.28. The number of halogens is 1. The van der Waals surface area contributed by atoms with E-state index in [9.17, 15) is 14.3 Å². The van der Waals surface area contributed by atoms with Crippen LogP contribution in [0, 0.1) is 5.82 Å².